The fourth-order valence-corrected chi connectivity index (χ4v) is 3.05. The fourth-order valence-electron chi connectivity index (χ4n) is 3.05. The molecule has 0 saturated carbocycles. The molecule has 136 valence electrons. The summed E-state index contributed by atoms with van der Waals surface area (Å²) in [4.78, 5) is 12.9. The molecule has 0 aromatic heterocycles. The molecule has 1 aliphatic rings. The first kappa shape index (κ1) is 20.5. The van der Waals surface area contributed by atoms with E-state index in [0.717, 1.165) is 12.8 Å². The van der Waals surface area contributed by atoms with Crippen LogP contribution >= 0.6 is 0 Å². The zero-order chi connectivity index (χ0) is 17.8. The van der Waals surface area contributed by atoms with Crippen molar-refractivity contribution in [1.82, 2.24) is 5.32 Å². The van der Waals surface area contributed by atoms with Crippen LogP contribution < -0.4 is 5.32 Å². The quantitative estimate of drug-likeness (QED) is 0.502. The fraction of sp³-hybridized carbons (Fsp3) is 0.941. The minimum absolute atomic E-state index is 0.0338. The third-order valence-electron chi connectivity index (χ3n) is 5.36. The van der Waals surface area contributed by atoms with Crippen LogP contribution in [0.5, 0.6) is 0 Å². The predicted octanol–water partition coefficient (Wildman–Crippen LogP) is 0.968. The number of nitrogens with one attached hydrogen (secondary N) is 1. The lowest BCUT2D eigenvalue weighted by Crippen LogP contribution is -2.59. The molecule has 0 aromatic carbocycles. The SMILES string of the molecule is CCC(CC)C(=O)C(NC(C)(CC)CC)C1OC(O)C(O)C1O. The summed E-state index contributed by atoms with van der Waals surface area (Å²) in [7, 11) is 0. The number of aliphatic hydroxyl groups excluding tert-OH is 3. The van der Waals surface area contributed by atoms with E-state index in [1.54, 1.807) is 0 Å². The second-order valence-corrected chi connectivity index (χ2v) is 6.78. The Balaban J connectivity index is 3.09. The molecule has 23 heavy (non-hydrogen) atoms. The van der Waals surface area contributed by atoms with Gasteiger partial charge in [0.2, 0.25) is 0 Å². The first-order valence-corrected chi connectivity index (χ1v) is 8.75. The number of aliphatic hydroxyl groups is 3. The molecule has 0 amide bonds. The van der Waals surface area contributed by atoms with Crippen LogP contribution in [0, 0.1) is 5.92 Å². The molecular weight excluding hydrogens is 298 g/mol. The molecule has 6 nitrogen and oxygen atoms in total. The van der Waals surface area contributed by atoms with Gasteiger partial charge in [0.15, 0.2) is 12.1 Å². The summed E-state index contributed by atoms with van der Waals surface area (Å²) in [6.07, 6.45) is -2.08. The third-order valence-corrected chi connectivity index (χ3v) is 5.36. The van der Waals surface area contributed by atoms with Crippen molar-refractivity contribution in [2.45, 2.75) is 96.5 Å². The van der Waals surface area contributed by atoms with Crippen LogP contribution in [-0.2, 0) is 9.53 Å². The number of carbonyl (C=O) groups is 1. The average molecular weight is 331 g/mol. The highest BCUT2D eigenvalue weighted by Gasteiger charge is 2.49. The highest BCUT2D eigenvalue weighted by atomic mass is 16.6. The molecule has 0 radical (unpaired) electrons. The number of ether oxygens (including phenoxy) is 1. The zero-order valence-electron chi connectivity index (χ0n) is 15.0. The smallest absolute Gasteiger partial charge is 0.184 e. The van der Waals surface area contributed by atoms with E-state index in [-0.39, 0.29) is 17.2 Å². The van der Waals surface area contributed by atoms with Crippen LogP contribution in [0.4, 0.5) is 0 Å². The normalized spacial score (nSPS) is 30.0. The van der Waals surface area contributed by atoms with E-state index >= 15 is 0 Å². The molecule has 0 bridgehead atoms. The van der Waals surface area contributed by atoms with Gasteiger partial charge in [-0.1, -0.05) is 27.7 Å². The summed E-state index contributed by atoms with van der Waals surface area (Å²) in [5.41, 5.74) is -0.284. The summed E-state index contributed by atoms with van der Waals surface area (Å²) in [6, 6.07) is -0.758. The maximum atomic E-state index is 12.9. The standard InChI is InChI=1S/C17H33NO5/c1-6-10(7-2)12(19)11(18-17(5,8-3)9-4)15-13(20)14(21)16(22)23-15/h10-11,13-16,18,20-22H,6-9H2,1-5H3. The van der Waals surface area contributed by atoms with Crippen LogP contribution in [0.2, 0.25) is 0 Å². The van der Waals surface area contributed by atoms with Crippen LogP contribution in [0.25, 0.3) is 0 Å². The second-order valence-electron chi connectivity index (χ2n) is 6.78. The van der Waals surface area contributed by atoms with E-state index in [1.807, 2.05) is 34.6 Å². The lowest BCUT2D eigenvalue weighted by atomic mass is 9.85. The molecule has 5 atom stereocenters. The number of carbonyl (C=O) groups excluding carboxylic acids is 1. The van der Waals surface area contributed by atoms with Crippen LogP contribution in [0.15, 0.2) is 0 Å². The first-order valence-electron chi connectivity index (χ1n) is 8.75. The second kappa shape index (κ2) is 8.53. The summed E-state index contributed by atoms with van der Waals surface area (Å²) in [5.74, 6) is -0.176. The van der Waals surface area contributed by atoms with Gasteiger partial charge in [0.05, 0.1) is 6.04 Å². The molecule has 1 aliphatic heterocycles. The van der Waals surface area contributed by atoms with Gasteiger partial charge in [-0.15, -0.1) is 0 Å². The van der Waals surface area contributed by atoms with Crippen molar-refractivity contribution in [3.05, 3.63) is 0 Å². The van der Waals surface area contributed by atoms with E-state index in [2.05, 4.69) is 5.32 Å². The molecule has 5 unspecified atom stereocenters. The van der Waals surface area contributed by atoms with Gasteiger partial charge in [-0.2, -0.15) is 0 Å². The van der Waals surface area contributed by atoms with Gasteiger partial charge in [0, 0.05) is 11.5 Å². The molecule has 4 N–H and O–H groups in total. The van der Waals surface area contributed by atoms with E-state index in [9.17, 15) is 20.1 Å². The number of rotatable bonds is 9. The maximum absolute atomic E-state index is 12.9. The number of Topliss-reactive ketones (excluding diaryl/α,β-unsaturated/α-hetero) is 1. The molecular formula is C17H33NO5. The Morgan fingerprint density at radius 2 is 1.61 bits per heavy atom. The molecule has 6 heteroatoms. The zero-order valence-corrected chi connectivity index (χ0v) is 15.0. The van der Waals surface area contributed by atoms with Crippen molar-refractivity contribution in [3.63, 3.8) is 0 Å². The lowest BCUT2D eigenvalue weighted by molar-refractivity contribution is -0.145. The first-order chi connectivity index (χ1) is 10.7. The third kappa shape index (κ3) is 4.51. The minimum atomic E-state index is -1.47. The minimum Gasteiger partial charge on any atom is -0.387 e. The van der Waals surface area contributed by atoms with Crippen LogP contribution in [0.3, 0.4) is 0 Å². The van der Waals surface area contributed by atoms with Gasteiger partial charge in [-0.25, -0.2) is 0 Å². The van der Waals surface area contributed by atoms with Crippen molar-refractivity contribution >= 4 is 5.78 Å². The van der Waals surface area contributed by atoms with E-state index in [4.69, 9.17) is 4.74 Å². The van der Waals surface area contributed by atoms with Crippen LogP contribution in [-0.4, -0.2) is 57.3 Å². The Kier molecular flexibility index (Phi) is 7.61. The van der Waals surface area contributed by atoms with Gasteiger partial charge in [0.25, 0.3) is 0 Å². The molecule has 1 heterocycles. The Hall–Kier alpha value is -0.530. The number of hydrogen-bond acceptors (Lipinski definition) is 6. The van der Waals surface area contributed by atoms with Crippen LogP contribution in [0.1, 0.15) is 60.3 Å². The average Bonchev–Trinajstić information content (AvgIpc) is 2.80. The van der Waals surface area contributed by atoms with Crippen molar-refractivity contribution in [2.24, 2.45) is 5.92 Å². The Labute approximate surface area is 139 Å². The van der Waals surface area contributed by atoms with Crippen molar-refractivity contribution in [1.29, 1.82) is 0 Å². The highest BCUT2D eigenvalue weighted by molar-refractivity contribution is 5.87. The van der Waals surface area contributed by atoms with E-state index in [1.165, 1.54) is 0 Å². The monoisotopic (exact) mass is 331 g/mol. The maximum Gasteiger partial charge on any atom is 0.184 e. The lowest BCUT2D eigenvalue weighted by Gasteiger charge is -2.37. The van der Waals surface area contributed by atoms with Crippen molar-refractivity contribution < 1.29 is 24.9 Å². The molecule has 0 aliphatic carbocycles. The molecule has 1 rings (SSSR count). The van der Waals surface area contributed by atoms with Gasteiger partial charge in [-0.05, 0) is 32.6 Å². The van der Waals surface area contributed by atoms with Gasteiger partial charge < -0.3 is 20.1 Å². The number of ketones is 1. The molecule has 1 saturated heterocycles. The van der Waals surface area contributed by atoms with Gasteiger partial charge in [-0.3, -0.25) is 10.1 Å². The highest BCUT2D eigenvalue weighted by Crippen LogP contribution is 2.27. The Bertz CT molecular complexity index is 381. The van der Waals surface area contributed by atoms with Crippen molar-refractivity contribution in [3.8, 4) is 0 Å². The summed E-state index contributed by atoms with van der Waals surface area (Å²) >= 11 is 0. The van der Waals surface area contributed by atoms with E-state index in [0.29, 0.717) is 12.8 Å². The van der Waals surface area contributed by atoms with Gasteiger partial charge >= 0.3 is 0 Å². The topological polar surface area (TPSA) is 99.0 Å². The summed E-state index contributed by atoms with van der Waals surface area (Å²) in [6.45, 7) is 10.00. The van der Waals surface area contributed by atoms with Crippen molar-refractivity contribution in [2.75, 3.05) is 0 Å². The van der Waals surface area contributed by atoms with Gasteiger partial charge in [0.1, 0.15) is 18.3 Å². The largest absolute Gasteiger partial charge is 0.387 e. The summed E-state index contributed by atoms with van der Waals surface area (Å²) < 4.78 is 5.32. The Morgan fingerprint density at radius 1 is 1.09 bits per heavy atom. The Morgan fingerprint density at radius 3 is 1.96 bits per heavy atom. The molecule has 0 spiro atoms. The predicted molar refractivity (Wildman–Crippen MR) is 87.9 cm³/mol. The molecule has 1 fully saturated rings. The molecule has 0 aromatic rings. The van der Waals surface area contributed by atoms with E-state index < -0.39 is 30.6 Å². The summed E-state index contributed by atoms with van der Waals surface area (Å²) in [5, 5.41) is 33.0. The number of hydrogen-bond donors (Lipinski definition) is 4.